The van der Waals surface area contributed by atoms with E-state index in [4.69, 9.17) is 18.9 Å². The van der Waals surface area contributed by atoms with Crippen LogP contribution in [0.3, 0.4) is 0 Å². The Labute approximate surface area is 184 Å². The molecule has 0 saturated heterocycles. The molecule has 6 nitrogen and oxygen atoms in total. The van der Waals surface area contributed by atoms with Crippen molar-refractivity contribution in [2.24, 2.45) is 10.2 Å². The summed E-state index contributed by atoms with van der Waals surface area (Å²) in [5.41, 5.74) is 3.71. The predicted molar refractivity (Wildman–Crippen MR) is 125 cm³/mol. The lowest BCUT2D eigenvalue weighted by Gasteiger charge is -2.06. The highest BCUT2D eigenvalue weighted by Crippen LogP contribution is 2.37. The quantitative estimate of drug-likeness (QED) is 0.313. The fraction of sp³-hybridized carbons (Fsp3) is 0.154. The van der Waals surface area contributed by atoms with Crippen molar-refractivity contribution in [3.05, 3.63) is 71.8 Å². The molecule has 158 valence electrons. The fourth-order valence-corrected chi connectivity index (χ4v) is 3.99. The van der Waals surface area contributed by atoms with Crippen LogP contribution in [0.15, 0.2) is 70.9 Å². The molecule has 2 aliphatic rings. The van der Waals surface area contributed by atoms with Crippen molar-refractivity contribution in [2.75, 3.05) is 13.6 Å². The molecule has 0 aromatic heterocycles. The number of ether oxygens (including phenoxy) is 4. The Bertz CT molecular complexity index is 1340. The molecule has 6 heteroatoms. The number of benzene rings is 4. The van der Waals surface area contributed by atoms with Gasteiger partial charge in [-0.05, 0) is 82.9 Å². The molecule has 2 heterocycles. The molecule has 4 aromatic rings. The molecule has 0 unspecified atom stereocenters. The minimum Gasteiger partial charge on any atom is -0.454 e. The van der Waals surface area contributed by atoms with Gasteiger partial charge in [0, 0.05) is 0 Å². The topological polar surface area (TPSA) is 61.6 Å². The van der Waals surface area contributed by atoms with Crippen LogP contribution < -0.4 is 18.9 Å². The van der Waals surface area contributed by atoms with E-state index in [1.165, 1.54) is 0 Å². The summed E-state index contributed by atoms with van der Waals surface area (Å²) in [6.45, 7) is 4.47. The zero-order valence-electron chi connectivity index (χ0n) is 17.7. The molecular weight excluding hydrogens is 404 g/mol. The first kappa shape index (κ1) is 18.7. The molecule has 32 heavy (non-hydrogen) atoms. The number of rotatable bonds is 3. The Kier molecular flexibility index (Phi) is 4.24. The second kappa shape index (κ2) is 7.27. The van der Waals surface area contributed by atoms with Crippen molar-refractivity contribution in [3.63, 3.8) is 0 Å². The van der Waals surface area contributed by atoms with Crippen LogP contribution >= 0.6 is 0 Å². The highest BCUT2D eigenvalue weighted by Gasteiger charge is 2.15. The summed E-state index contributed by atoms with van der Waals surface area (Å²) in [7, 11) is 0. The van der Waals surface area contributed by atoms with E-state index < -0.39 is 0 Å². The van der Waals surface area contributed by atoms with Gasteiger partial charge in [-0.1, -0.05) is 24.3 Å². The van der Waals surface area contributed by atoms with Gasteiger partial charge in [-0.15, -0.1) is 0 Å². The summed E-state index contributed by atoms with van der Waals surface area (Å²) in [5.74, 6) is 3.12. The van der Waals surface area contributed by atoms with Gasteiger partial charge >= 0.3 is 0 Å². The molecular formula is C26H20N2O4. The molecule has 0 radical (unpaired) electrons. The third-order valence-corrected chi connectivity index (χ3v) is 5.85. The fourth-order valence-electron chi connectivity index (χ4n) is 3.99. The van der Waals surface area contributed by atoms with Gasteiger partial charge in [0.05, 0.1) is 11.4 Å². The lowest BCUT2D eigenvalue weighted by atomic mass is 10.0. The second-order valence-electron chi connectivity index (χ2n) is 7.91. The van der Waals surface area contributed by atoms with Crippen molar-refractivity contribution in [1.29, 1.82) is 0 Å². The molecule has 0 spiro atoms. The Morgan fingerprint density at radius 1 is 0.531 bits per heavy atom. The highest BCUT2D eigenvalue weighted by atomic mass is 16.7. The van der Waals surface area contributed by atoms with Crippen LogP contribution in [0.2, 0.25) is 0 Å². The summed E-state index contributed by atoms with van der Waals surface area (Å²) in [4.78, 5) is 0. The van der Waals surface area contributed by atoms with Crippen molar-refractivity contribution < 1.29 is 18.9 Å². The van der Waals surface area contributed by atoms with Crippen LogP contribution in [0.4, 0.5) is 0 Å². The maximum absolute atomic E-state index is 5.50. The summed E-state index contributed by atoms with van der Waals surface area (Å²) in [6.07, 6.45) is 0. The lowest BCUT2D eigenvalue weighted by Crippen LogP contribution is -1.97. The summed E-state index contributed by atoms with van der Waals surface area (Å²) < 4.78 is 21.9. The van der Waals surface area contributed by atoms with E-state index in [0.717, 1.165) is 67.1 Å². The number of hydrogen-bond acceptors (Lipinski definition) is 6. The molecule has 0 aliphatic carbocycles. The molecule has 0 N–H and O–H groups in total. The smallest absolute Gasteiger partial charge is 0.231 e. The molecule has 0 amide bonds. The van der Waals surface area contributed by atoms with Gasteiger partial charge in [-0.3, -0.25) is 0 Å². The van der Waals surface area contributed by atoms with Crippen LogP contribution in [0.5, 0.6) is 23.0 Å². The van der Waals surface area contributed by atoms with E-state index in [9.17, 15) is 0 Å². The number of fused-ring (bicyclic) bond motifs is 4. The maximum Gasteiger partial charge on any atom is 0.231 e. The summed E-state index contributed by atoms with van der Waals surface area (Å²) >= 11 is 0. The van der Waals surface area contributed by atoms with E-state index in [0.29, 0.717) is 0 Å². The van der Waals surface area contributed by atoms with Crippen LogP contribution in [0, 0.1) is 0 Å². The highest BCUT2D eigenvalue weighted by molar-refractivity contribution is 6.05. The van der Waals surface area contributed by atoms with Crippen LogP contribution in [-0.2, 0) is 0 Å². The Morgan fingerprint density at radius 3 is 1.31 bits per heavy atom. The Morgan fingerprint density at radius 2 is 0.906 bits per heavy atom. The number of nitrogens with zero attached hydrogens (tertiary/aromatic N) is 2. The first-order valence-corrected chi connectivity index (χ1v) is 10.4. The normalized spacial score (nSPS) is 15.1. The largest absolute Gasteiger partial charge is 0.454 e. The minimum absolute atomic E-state index is 0.269. The minimum atomic E-state index is 0.269. The van der Waals surface area contributed by atoms with Crippen LogP contribution in [-0.4, -0.2) is 25.0 Å². The zero-order chi connectivity index (χ0) is 21.7. The third-order valence-electron chi connectivity index (χ3n) is 5.85. The van der Waals surface area contributed by atoms with Gasteiger partial charge < -0.3 is 18.9 Å². The van der Waals surface area contributed by atoms with Gasteiger partial charge in [-0.2, -0.15) is 10.2 Å². The molecule has 0 atom stereocenters. The summed E-state index contributed by atoms with van der Waals surface area (Å²) in [6, 6.07) is 20.4. The van der Waals surface area contributed by atoms with E-state index in [-0.39, 0.29) is 13.6 Å². The molecule has 4 aromatic carbocycles. The molecule has 6 rings (SSSR count). The molecule has 2 aliphatic heterocycles. The van der Waals surface area contributed by atoms with Crippen LogP contribution in [0.25, 0.3) is 21.5 Å². The third kappa shape index (κ3) is 3.21. The van der Waals surface area contributed by atoms with Crippen LogP contribution in [0.1, 0.15) is 25.0 Å². The first-order valence-electron chi connectivity index (χ1n) is 10.4. The lowest BCUT2D eigenvalue weighted by molar-refractivity contribution is 0.173. The van der Waals surface area contributed by atoms with Crippen molar-refractivity contribution in [2.45, 2.75) is 13.8 Å². The van der Waals surface area contributed by atoms with Gasteiger partial charge in [0.25, 0.3) is 0 Å². The van der Waals surface area contributed by atoms with E-state index in [1.54, 1.807) is 0 Å². The van der Waals surface area contributed by atoms with Crippen molar-refractivity contribution >= 4 is 33.0 Å². The standard InChI is InChI=1S/C26H20N2O4/c1-15(17-3-5-19-9-23-25(31-13-29-23)11-21(19)7-17)27-28-16(2)18-4-6-20-10-24-26(32-14-30-24)12-22(20)8-18/h3-12H,13-14H2,1-2H3/b27-15+,28-16+. The second-order valence-corrected chi connectivity index (χ2v) is 7.91. The average Bonchev–Trinajstić information content (AvgIpc) is 3.46. The zero-order valence-corrected chi connectivity index (χ0v) is 17.7. The van der Waals surface area contributed by atoms with E-state index in [2.05, 4.69) is 34.5 Å². The molecule has 0 bridgehead atoms. The van der Waals surface area contributed by atoms with Gasteiger partial charge in [-0.25, -0.2) is 0 Å². The van der Waals surface area contributed by atoms with E-state index in [1.807, 2.05) is 50.2 Å². The monoisotopic (exact) mass is 424 g/mol. The summed E-state index contributed by atoms with van der Waals surface area (Å²) in [5, 5.41) is 13.3. The first-order chi connectivity index (χ1) is 15.6. The van der Waals surface area contributed by atoms with Crippen molar-refractivity contribution in [3.8, 4) is 23.0 Å². The van der Waals surface area contributed by atoms with Gasteiger partial charge in [0.1, 0.15) is 0 Å². The Hall–Kier alpha value is -4.06. The Balaban J connectivity index is 1.30. The average molecular weight is 424 g/mol. The predicted octanol–water partition coefficient (Wildman–Crippen LogP) is 5.68. The SMILES string of the molecule is C/C(=N\N=C(/C)c1ccc2cc3c(cc2c1)OCO3)c1ccc2cc3c(cc2c1)OCO3. The molecule has 0 saturated carbocycles. The van der Waals surface area contributed by atoms with Crippen molar-refractivity contribution in [1.82, 2.24) is 0 Å². The van der Waals surface area contributed by atoms with Gasteiger partial charge in [0.15, 0.2) is 23.0 Å². The van der Waals surface area contributed by atoms with E-state index >= 15 is 0 Å². The number of hydrogen-bond donors (Lipinski definition) is 0. The maximum atomic E-state index is 5.50. The molecule has 0 fully saturated rings. The van der Waals surface area contributed by atoms with Gasteiger partial charge in [0.2, 0.25) is 13.6 Å².